The van der Waals surface area contributed by atoms with E-state index in [1.165, 1.54) is 31.9 Å². The van der Waals surface area contributed by atoms with Crippen molar-refractivity contribution in [3.63, 3.8) is 0 Å². The minimum absolute atomic E-state index is 0. The molecule has 0 aliphatic carbocycles. The summed E-state index contributed by atoms with van der Waals surface area (Å²) in [6.45, 7) is 2.83. The average molecular weight is 313 g/mol. The molecule has 0 spiro atoms. The lowest BCUT2D eigenvalue weighted by atomic mass is 9.98. The molecule has 1 atom stereocenters. The number of hydrogen-bond donors (Lipinski definition) is 1. The second-order valence-electron chi connectivity index (χ2n) is 5.39. The molecule has 4 nitrogen and oxygen atoms in total. The van der Waals surface area contributed by atoms with E-state index in [1.54, 1.807) is 0 Å². The van der Waals surface area contributed by atoms with Gasteiger partial charge in [0, 0.05) is 12.6 Å². The Hall–Kier alpha value is -1.10. The maximum absolute atomic E-state index is 11.4. The Balaban J connectivity index is 0.00000220. The Labute approximate surface area is 133 Å². The second-order valence-corrected chi connectivity index (χ2v) is 5.39. The van der Waals surface area contributed by atoms with Gasteiger partial charge in [-0.2, -0.15) is 0 Å². The van der Waals surface area contributed by atoms with Crippen LogP contribution in [0.4, 0.5) is 0 Å². The van der Waals surface area contributed by atoms with Gasteiger partial charge in [0.2, 0.25) is 0 Å². The quantitative estimate of drug-likeness (QED) is 0.849. The van der Waals surface area contributed by atoms with Crippen molar-refractivity contribution in [3.05, 3.63) is 35.4 Å². The van der Waals surface area contributed by atoms with Crippen molar-refractivity contribution in [1.29, 1.82) is 0 Å². The molecule has 0 saturated carbocycles. The maximum atomic E-state index is 11.4. The van der Waals surface area contributed by atoms with Gasteiger partial charge in [-0.3, -0.25) is 4.90 Å². The third-order valence-corrected chi connectivity index (χ3v) is 4.01. The van der Waals surface area contributed by atoms with E-state index in [2.05, 4.69) is 4.90 Å². The van der Waals surface area contributed by atoms with E-state index in [-0.39, 0.29) is 18.4 Å². The van der Waals surface area contributed by atoms with Crippen molar-refractivity contribution in [1.82, 2.24) is 4.90 Å². The Kier molecular flexibility index (Phi) is 7.72. The number of benzene rings is 1. The van der Waals surface area contributed by atoms with Gasteiger partial charge in [0.25, 0.3) is 0 Å². The molecule has 1 saturated heterocycles. The number of nitrogens with zero attached hydrogens (tertiary/aromatic N) is 1. The van der Waals surface area contributed by atoms with Crippen LogP contribution in [0.1, 0.15) is 41.6 Å². The zero-order valence-electron chi connectivity index (χ0n) is 12.6. The van der Waals surface area contributed by atoms with Crippen LogP contribution in [0.25, 0.3) is 0 Å². The standard InChI is InChI=1S/C16H24N2O2.ClH/c1-20-16(19)14-7-5-13(6-8-14)12-18-11-3-2-4-15(18)9-10-17;/h5-8,15H,2-4,9-12,17H2,1H3;1H. The lowest BCUT2D eigenvalue weighted by Gasteiger charge is -2.35. The van der Waals surface area contributed by atoms with Gasteiger partial charge in [-0.05, 0) is 50.0 Å². The molecule has 2 rings (SSSR count). The fraction of sp³-hybridized carbons (Fsp3) is 0.562. The van der Waals surface area contributed by atoms with E-state index < -0.39 is 0 Å². The van der Waals surface area contributed by atoms with Crippen LogP contribution in [0, 0.1) is 0 Å². The summed E-state index contributed by atoms with van der Waals surface area (Å²) in [4.78, 5) is 13.9. The van der Waals surface area contributed by atoms with Crippen LogP contribution < -0.4 is 5.73 Å². The third kappa shape index (κ3) is 4.99. The predicted molar refractivity (Wildman–Crippen MR) is 86.7 cm³/mol. The largest absolute Gasteiger partial charge is 0.465 e. The lowest BCUT2D eigenvalue weighted by molar-refractivity contribution is 0.0600. The maximum Gasteiger partial charge on any atom is 0.337 e. The average Bonchev–Trinajstić information content (AvgIpc) is 2.49. The number of ether oxygens (including phenoxy) is 1. The third-order valence-electron chi connectivity index (χ3n) is 4.01. The summed E-state index contributed by atoms with van der Waals surface area (Å²) < 4.78 is 4.71. The van der Waals surface area contributed by atoms with E-state index in [4.69, 9.17) is 10.5 Å². The molecular weight excluding hydrogens is 288 g/mol. The highest BCUT2D eigenvalue weighted by atomic mass is 35.5. The highest BCUT2D eigenvalue weighted by Crippen LogP contribution is 2.21. The molecule has 0 aromatic heterocycles. The summed E-state index contributed by atoms with van der Waals surface area (Å²) in [5.74, 6) is -0.282. The molecule has 5 heteroatoms. The van der Waals surface area contributed by atoms with Crippen molar-refractivity contribution in [3.8, 4) is 0 Å². The number of esters is 1. The number of nitrogens with two attached hydrogens (primary N) is 1. The fourth-order valence-corrected chi connectivity index (χ4v) is 2.89. The van der Waals surface area contributed by atoms with Crippen LogP contribution in [-0.2, 0) is 11.3 Å². The van der Waals surface area contributed by atoms with Crippen LogP contribution in [0.5, 0.6) is 0 Å². The first kappa shape index (κ1) is 18.0. The smallest absolute Gasteiger partial charge is 0.337 e. The highest BCUT2D eigenvalue weighted by Gasteiger charge is 2.21. The van der Waals surface area contributed by atoms with Crippen LogP contribution in [-0.4, -0.2) is 37.1 Å². The van der Waals surface area contributed by atoms with E-state index in [0.717, 1.165) is 26.1 Å². The van der Waals surface area contributed by atoms with E-state index >= 15 is 0 Å². The molecule has 1 heterocycles. The normalized spacial score (nSPS) is 18.9. The van der Waals surface area contributed by atoms with Gasteiger partial charge in [-0.15, -0.1) is 12.4 Å². The summed E-state index contributed by atoms with van der Waals surface area (Å²) in [7, 11) is 1.40. The van der Waals surface area contributed by atoms with Crippen LogP contribution in [0.15, 0.2) is 24.3 Å². The van der Waals surface area contributed by atoms with Gasteiger partial charge in [-0.25, -0.2) is 4.79 Å². The number of carbonyl (C=O) groups is 1. The van der Waals surface area contributed by atoms with Gasteiger partial charge in [0.1, 0.15) is 0 Å². The summed E-state index contributed by atoms with van der Waals surface area (Å²) in [6, 6.07) is 8.31. The van der Waals surface area contributed by atoms with Crippen LogP contribution in [0.2, 0.25) is 0 Å². The molecule has 0 radical (unpaired) electrons. The number of methoxy groups -OCH3 is 1. The molecule has 1 aromatic rings. The van der Waals surface area contributed by atoms with Gasteiger partial charge in [0.05, 0.1) is 12.7 Å². The number of halogens is 1. The van der Waals surface area contributed by atoms with Gasteiger partial charge in [0.15, 0.2) is 0 Å². The molecule has 1 aliphatic heterocycles. The van der Waals surface area contributed by atoms with Crippen LogP contribution in [0.3, 0.4) is 0 Å². The first-order valence-corrected chi connectivity index (χ1v) is 7.36. The molecule has 0 amide bonds. The Morgan fingerprint density at radius 3 is 2.67 bits per heavy atom. The number of piperidine rings is 1. The molecule has 21 heavy (non-hydrogen) atoms. The SMILES string of the molecule is COC(=O)c1ccc(CN2CCCCC2CCN)cc1.Cl. The Bertz CT molecular complexity index is 434. The number of hydrogen-bond acceptors (Lipinski definition) is 4. The number of rotatable bonds is 5. The Morgan fingerprint density at radius 1 is 1.33 bits per heavy atom. The minimum Gasteiger partial charge on any atom is -0.465 e. The molecule has 1 unspecified atom stereocenters. The molecule has 2 N–H and O–H groups in total. The van der Waals surface area contributed by atoms with Crippen molar-refractivity contribution >= 4 is 18.4 Å². The molecule has 0 bridgehead atoms. The van der Waals surface area contributed by atoms with Crippen molar-refractivity contribution < 1.29 is 9.53 Å². The molecular formula is C16H25ClN2O2. The van der Waals surface area contributed by atoms with Crippen molar-refractivity contribution in [2.24, 2.45) is 5.73 Å². The molecule has 1 aliphatic rings. The summed E-state index contributed by atoms with van der Waals surface area (Å²) in [5.41, 5.74) is 7.55. The zero-order chi connectivity index (χ0) is 14.4. The molecule has 118 valence electrons. The van der Waals surface area contributed by atoms with Crippen molar-refractivity contribution in [2.45, 2.75) is 38.3 Å². The first-order chi connectivity index (χ1) is 9.74. The summed E-state index contributed by atoms with van der Waals surface area (Å²) in [6.07, 6.45) is 4.89. The van der Waals surface area contributed by atoms with Gasteiger partial charge in [-0.1, -0.05) is 18.6 Å². The highest BCUT2D eigenvalue weighted by molar-refractivity contribution is 5.89. The second kappa shape index (κ2) is 9.03. The Morgan fingerprint density at radius 2 is 2.05 bits per heavy atom. The summed E-state index contributed by atoms with van der Waals surface area (Å²) >= 11 is 0. The molecule has 1 aromatic carbocycles. The van der Waals surface area contributed by atoms with Crippen molar-refractivity contribution in [2.75, 3.05) is 20.2 Å². The van der Waals surface area contributed by atoms with E-state index in [0.29, 0.717) is 11.6 Å². The summed E-state index contributed by atoms with van der Waals surface area (Å²) in [5, 5.41) is 0. The zero-order valence-corrected chi connectivity index (χ0v) is 13.4. The topological polar surface area (TPSA) is 55.6 Å². The lowest BCUT2D eigenvalue weighted by Crippen LogP contribution is -2.40. The predicted octanol–water partition coefficient (Wildman–Crippen LogP) is 2.60. The van der Waals surface area contributed by atoms with Gasteiger partial charge >= 0.3 is 5.97 Å². The van der Waals surface area contributed by atoms with E-state index in [1.807, 2.05) is 24.3 Å². The fourth-order valence-electron chi connectivity index (χ4n) is 2.89. The first-order valence-electron chi connectivity index (χ1n) is 7.36. The number of carbonyl (C=O) groups excluding carboxylic acids is 1. The van der Waals surface area contributed by atoms with Gasteiger partial charge < -0.3 is 10.5 Å². The molecule has 1 fully saturated rings. The monoisotopic (exact) mass is 312 g/mol. The van der Waals surface area contributed by atoms with E-state index in [9.17, 15) is 4.79 Å². The minimum atomic E-state index is -0.282. The number of likely N-dealkylation sites (tertiary alicyclic amines) is 1. The van der Waals surface area contributed by atoms with Crippen LogP contribution >= 0.6 is 12.4 Å².